The fourth-order valence-electron chi connectivity index (χ4n) is 2.46. The second-order valence-corrected chi connectivity index (χ2v) is 5.95. The minimum absolute atomic E-state index is 0.0505. The van der Waals surface area contributed by atoms with Crippen LogP contribution in [0.25, 0.3) is 5.69 Å². The smallest absolute Gasteiger partial charge is 0.305 e. The maximum Gasteiger partial charge on any atom is 0.305 e. The molecular formula is C16H19N5O5. The van der Waals surface area contributed by atoms with E-state index in [1.54, 1.807) is 26.8 Å². The van der Waals surface area contributed by atoms with Crippen LogP contribution >= 0.6 is 0 Å². The van der Waals surface area contributed by atoms with E-state index in [0.29, 0.717) is 11.4 Å². The molecule has 2 rings (SSSR count). The summed E-state index contributed by atoms with van der Waals surface area (Å²) in [5, 5.41) is 27.6. The fourth-order valence-corrected chi connectivity index (χ4v) is 2.46. The zero-order valence-electron chi connectivity index (χ0n) is 14.6. The van der Waals surface area contributed by atoms with Crippen LogP contribution in [0.5, 0.6) is 0 Å². The Labute approximate surface area is 149 Å². The van der Waals surface area contributed by atoms with Gasteiger partial charge in [-0.25, -0.2) is 4.68 Å². The lowest BCUT2D eigenvalue weighted by Crippen LogP contribution is -2.39. The lowest BCUT2D eigenvalue weighted by atomic mass is 10.2. The lowest BCUT2D eigenvalue weighted by molar-refractivity contribution is -0.384. The Balaban J connectivity index is 2.35. The molecule has 10 heteroatoms. The molecule has 0 bridgehead atoms. The van der Waals surface area contributed by atoms with Gasteiger partial charge in [-0.1, -0.05) is 11.3 Å². The van der Waals surface area contributed by atoms with Crippen LogP contribution in [0, 0.1) is 17.0 Å². The van der Waals surface area contributed by atoms with Crippen molar-refractivity contribution >= 4 is 17.6 Å². The number of carboxylic acid groups (broad SMARTS) is 1. The Morgan fingerprint density at radius 1 is 1.38 bits per heavy atom. The summed E-state index contributed by atoms with van der Waals surface area (Å²) in [5.74, 6) is -1.43. The molecular weight excluding hydrogens is 342 g/mol. The minimum Gasteiger partial charge on any atom is -0.481 e. The van der Waals surface area contributed by atoms with Crippen molar-refractivity contribution in [2.24, 2.45) is 0 Å². The minimum atomic E-state index is -1.000. The van der Waals surface area contributed by atoms with Crippen molar-refractivity contribution < 1.29 is 19.6 Å². The fraction of sp³-hybridized carbons (Fsp3) is 0.375. The Hall–Kier alpha value is -3.30. The number of hydrogen-bond acceptors (Lipinski definition) is 6. The highest BCUT2D eigenvalue weighted by Gasteiger charge is 2.25. The molecule has 26 heavy (non-hydrogen) atoms. The molecule has 0 unspecified atom stereocenters. The number of amides is 1. The number of hydrogen-bond donors (Lipinski definition) is 1. The standard InChI is InChI=1S/C16H19N5O5/c1-10(2)19(8-7-14(22)23)16(24)15-11(3)20(18-17-15)12-5-4-6-13(9-12)21(25)26/h4-6,9-10H,7-8H2,1-3H3,(H,22,23). The summed E-state index contributed by atoms with van der Waals surface area (Å²) >= 11 is 0. The zero-order chi connectivity index (χ0) is 19.4. The number of carbonyl (C=O) groups is 2. The van der Waals surface area contributed by atoms with Crippen molar-refractivity contribution in [1.82, 2.24) is 19.9 Å². The van der Waals surface area contributed by atoms with Crippen LogP contribution in [-0.4, -0.2) is 54.4 Å². The van der Waals surface area contributed by atoms with Crippen molar-refractivity contribution in [3.63, 3.8) is 0 Å². The van der Waals surface area contributed by atoms with Gasteiger partial charge in [0.15, 0.2) is 5.69 Å². The lowest BCUT2D eigenvalue weighted by Gasteiger charge is -2.25. The predicted molar refractivity (Wildman–Crippen MR) is 91.2 cm³/mol. The van der Waals surface area contributed by atoms with Gasteiger partial charge in [0.25, 0.3) is 11.6 Å². The second kappa shape index (κ2) is 7.72. The third kappa shape index (κ3) is 4.02. The van der Waals surface area contributed by atoms with Crippen molar-refractivity contribution in [3.8, 4) is 5.69 Å². The molecule has 10 nitrogen and oxygen atoms in total. The number of nitro benzene ring substituents is 1. The Morgan fingerprint density at radius 2 is 2.08 bits per heavy atom. The molecule has 0 aliphatic carbocycles. The molecule has 0 saturated heterocycles. The molecule has 0 aliphatic heterocycles. The first-order chi connectivity index (χ1) is 12.2. The Kier molecular flexibility index (Phi) is 5.65. The number of aromatic nitrogens is 3. The molecule has 1 N–H and O–H groups in total. The van der Waals surface area contributed by atoms with Gasteiger partial charge in [-0.2, -0.15) is 0 Å². The van der Waals surface area contributed by atoms with E-state index in [4.69, 9.17) is 5.11 Å². The molecule has 0 radical (unpaired) electrons. The topological polar surface area (TPSA) is 131 Å². The summed E-state index contributed by atoms with van der Waals surface area (Å²) in [5.41, 5.74) is 0.799. The molecule has 0 atom stereocenters. The molecule has 138 valence electrons. The van der Waals surface area contributed by atoms with Crippen LogP contribution in [0.15, 0.2) is 24.3 Å². The van der Waals surface area contributed by atoms with E-state index < -0.39 is 16.8 Å². The molecule has 2 aromatic rings. The molecule has 1 heterocycles. The molecule has 1 aromatic carbocycles. The van der Waals surface area contributed by atoms with Gasteiger partial charge in [-0.3, -0.25) is 19.7 Å². The van der Waals surface area contributed by atoms with Gasteiger partial charge < -0.3 is 10.0 Å². The van der Waals surface area contributed by atoms with E-state index in [-0.39, 0.29) is 30.4 Å². The van der Waals surface area contributed by atoms with E-state index >= 15 is 0 Å². The number of carboxylic acids is 1. The maximum atomic E-state index is 12.7. The number of rotatable bonds is 7. The average Bonchev–Trinajstić information content (AvgIpc) is 2.95. The van der Waals surface area contributed by atoms with Gasteiger partial charge in [-0.05, 0) is 26.8 Å². The highest BCUT2D eigenvalue weighted by molar-refractivity contribution is 5.93. The largest absolute Gasteiger partial charge is 0.481 e. The average molecular weight is 361 g/mol. The first-order valence-corrected chi connectivity index (χ1v) is 7.92. The molecule has 0 fully saturated rings. The molecule has 1 amide bonds. The van der Waals surface area contributed by atoms with Crippen molar-refractivity contribution in [3.05, 3.63) is 45.8 Å². The molecule has 0 aliphatic rings. The van der Waals surface area contributed by atoms with Crippen LogP contribution in [0.3, 0.4) is 0 Å². The summed E-state index contributed by atoms with van der Waals surface area (Å²) < 4.78 is 1.34. The first kappa shape index (κ1) is 19.0. The number of carbonyl (C=O) groups excluding carboxylic acids is 1. The number of non-ortho nitro benzene ring substituents is 1. The number of benzene rings is 1. The van der Waals surface area contributed by atoms with E-state index in [0.717, 1.165) is 0 Å². The van der Waals surface area contributed by atoms with E-state index in [1.165, 1.54) is 27.8 Å². The van der Waals surface area contributed by atoms with E-state index in [9.17, 15) is 19.7 Å². The van der Waals surface area contributed by atoms with E-state index in [2.05, 4.69) is 10.3 Å². The molecule has 1 aromatic heterocycles. The summed E-state index contributed by atoms with van der Waals surface area (Å²) in [7, 11) is 0. The van der Waals surface area contributed by atoms with Crippen molar-refractivity contribution in [2.75, 3.05) is 6.54 Å². The summed E-state index contributed by atoms with van der Waals surface area (Å²) in [4.78, 5) is 35.4. The Bertz CT molecular complexity index is 845. The zero-order valence-corrected chi connectivity index (χ0v) is 14.6. The normalized spacial score (nSPS) is 10.8. The highest BCUT2D eigenvalue weighted by atomic mass is 16.6. The first-order valence-electron chi connectivity index (χ1n) is 7.92. The number of aliphatic carboxylic acids is 1. The monoisotopic (exact) mass is 361 g/mol. The van der Waals surface area contributed by atoms with Crippen LogP contribution in [0.2, 0.25) is 0 Å². The van der Waals surface area contributed by atoms with Gasteiger partial charge in [0.2, 0.25) is 0 Å². The van der Waals surface area contributed by atoms with Gasteiger partial charge in [0.05, 0.1) is 22.7 Å². The maximum absolute atomic E-state index is 12.7. The summed E-state index contributed by atoms with van der Waals surface area (Å²) in [6.45, 7) is 5.23. The van der Waals surface area contributed by atoms with Gasteiger partial charge in [-0.15, -0.1) is 5.10 Å². The van der Waals surface area contributed by atoms with Crippen LogP contribution < -0.4 is 0 Å². The van der Waals surface area contributed by atoms with Crippen molar-refractivity contribution in [1.29, 1.82) is 0 Å². The second-order valence-electron chi connectivity index (χ2n) is 5.95. The molecule has 0 spiro atoms. The van der Waals surface area contributed by atoms with Gasteiger partial charge >= 0.3 is 5.97 Å². The molecule has 0 saturated carbocycles. The van der Waals surface area contributed by atoms with Crippen LogP contribution in [0.1, 0.15) is 36.5 Å². The van der Waals surface area contributed by atoms with Gasteiger partial charge in [0, 0.05) is 24.7 Å². The predicted octanol–water partition coefficient (Wildman–Crippen LogP) is 1.81. The SMILES string of the molecule is Cc1c(C(=O)N(CCC(=O)O)C(C)C)nnn1-c1cccc([N+](=O)[O-])c1. The number of nitro groups is 1. The van der Waals surface area contributed by atoms with Crippen LogP contribution in [-0.2, 0) is 4.79 Å². The summed E-state index contributed by atoms with van der Waals surface area (Å²) in [6, 6.07) is 5.61. The third-order valence-electron chi connectivity index (χ3n) is 3.83. The van der Waals surface area contributed by atoms with Gasteiger partial charge in [0.1, 0.15) is 0 Å². The summed E-state index contributed by atoms with van der Waals surface area (Å²) in [6.07, 6.45) is -0.179. The third-order valence-corrected chi connectivity index (χ3v) is 3.83. The highest BCUT2D eigenvalue weighted by Crippen LogP contribution is 2.19. The van der Waals surface area contributed by atoms with E-state index in [1.807, 2.05) is 0 Å². The quantitative estimate of drug-likeness (QED) is 0.587. The van der Waals surface area contributed by atoms with Crippen LogP contribution in [0.4, 0.5) is 5.69 Å². The number of nitrogens with zero attached hydrogens (tertiary/aromatic N) is 5. The van der Waals surface area contributed by atoms with Crippen molar-refractivity contribution in [2.45, 2.75) is 33.2 Å². The Morgan fingerprint density at radius 3 is 2.65 bits per heavy atom.